The van der Waals surface area contributed by atoms with Crippen LogP contribution in [-0.2, 0) is 4.79 Å². The van der Waals surface area contributed by atoms with Gasteiger partial charge >= 0.3 is 0 Å². The molecule has 2 aromatic carbocycles. The molecule has 0 aliphatic heterocycles. The van der Waals surface area contributed by atoms with Gasteiger partial charge in [0.05, 0.1) is 7.11 Å². The van der Waals surface area contributed by atoms with E-state index in [0.717, 1.165) is 53.5 Å². The Morgan fingerprint density at radius 1 is 1.17 bits per heavy atom. The fraction of sp³-hybridized carbons (Fsp3) is 0.375. The number of fused-ring (bicyclic) bond motifs is 1. The Morgan fingerprint density at radius 3 is 2.76 bits per heavy atom. The van der Waals surface area contributed by atoms with Crippen molar-refractivity contribution in [2.24, 2.45) is 5.73 Å². The van der Waals surface area contributed by atoms with Crippen LogP contribution < -0.4 is 15.8 Å². The van der Waals surface area contributed by atoms with Crippen LogP contribution in [0, 0.1) is 0 Å². The molecule has 1 atom stereocenters. The standard InChI is InChI=1S/C24H29N3O2/c1-29-19-6-4-5-16(13-19)21(22-15-26-23-8-3-2-7-20(22)23)14-24(28)27-18-11-9-17(25)10-12-18/h2-8,13,15,17-18,21,26H,9-12,14,25H2,1H3,(H,27,28). The molecule has 1 heterocycles. The van der Waals surface area contributed by atoms with E-state index in [4.69, 9.17) is 10.5 Å². The number of nitrogens with one attached hydrogen (secondary N) is 2. The lowest BCUT2D eigenvalue weighted by atomic mass is 9.87. The smallest absolute Gasteiger partial charge is 0.221 e. The van der Waals surface area contributed by atoms with Gasteiger partial charge in [0.2, 0.25) is 5.91 Å². The number of methoxy groups -OCH3 is 1. The molecule has 29 heavy (non-hydrogen) atoms. The molecule has 1 saturated carbocycles. The number of rotatable bonds is 6. The molecule has 5 heteroatoms. The van der Waals surface area contributed by atoms with E-state index >= 15 is 0 Å². The fourth-order valence-corrected chi connectivity index (χ4v) is 4.38. The summed E-state index contributed by atoms with van der Waals surface area (Å²) in [4.78, 5) is 16.3. The number of ether oxygens (including phenoxy) is 1. The number of hydrogen-bond donors (Lipinski definition) is 3. The molecule has 0 spiro atoms. The number of hydrogen-bond acceptors (Lipinski definition) is 3. The number of nitrogens with two attached hydrogens (primary N) is 1. The SMILES string of the molecule is COc1cccc(C(CC(=O)NC2CCC(N)CC2)c2c[nH]c3ccccc23)c1. The van der Waals surface area contributed by atoms with Crippen LogP contribution in [0.5, 0.6) is 5.75 Å². The summed E-state index contributed by atoms with van der Waals surface area (Å²) in [6.45, 7) is 0. The lowest BCUT2D eigenvalue weighted by Gasteiger charge is -2.27. The highest BCUT2D eigenvalue weighted by atomic mass is 16.5. The zero-order valence-corrected chi connectivity index (χ0v) is 16.9. The van der Waals surface area contributed by atoms with Crippen LogP contribution in [0.4, 0.5) is 0 Å². The molecule has 1 aromatic heterocycles. The molecule has 1 aliphatic rings. The van der Waals surface area contributed by atoms with Crippen molar-refractivity contribution in [1.29, 1.82) is 0 Å². The molecule has 1 fully saturated rings. The molecule has 1 aliphatic carbocycles. The second-order valence-corrected chi connectivity index (χ2v) is 8.00. The van der Waals surface area contributed by atoms with Gasteiger partial charge in [0.15, 0.2) is 0 Å². The summed E-state index contributed by atoms with van der Waals surface area (Å²) in [7, 11) is 1.67. The molecule has 152 valence electrons. The third-order valence-electron chi connectivity index (χ3n) is 6.02. The van der Waals surface area contributed by atoms with Gasteiger partial charge < -0.3 is 20.8 Å². The first kappa shape index (κ1) is 19.5. The molecule has 1 amide bonds. The Kier molecular flexibility index (Phi) is 5.86. The van der Waals surface area contributed by atoms with Crippen molar-refractivity contribution in [3.05, 3.63) is 65.9 Å². The van der Waals surface area contributed by atoms with E-state index in [1.54, 1.807) is 7.11 Å². The Bertz CT molecular complexity index is 973. The van der Waals surface area contributed by atoms with Gasteiger partial charge in [-0.3, -0.25) is 4.79 Å². The van der Waals surface area contributed by atoms with E-state index in [-0.39, 0.29) is 23.9 Å². The number of carbonyl (C=O) groups is 1. The maximum absolute atomic E-state index is 13.0. The minimum atomic E-state index is -0.0490. The van der Waals surface area contributed by atoms with Crippen molar-refractivity contribution >= 4 is 16.8 Å². The predicted molar refractivity (Wildman–Crippen MR) is 116 cm³/mol. The Balaban J connectivity index is 1.60. The van der Waals surface area contributed by atoms with E-state index in [1.165, 1.54) is 0 Å². The van der Waals surface area contributed by atoms with Gasteiger partial charge in [0.25, 0.3) is 0 Å². The van der Waals surface area contributed by atoms with Gasteiger partial charge in [-0.05, 0) is 55.0 Å². The summed E-state index contributed by atoms with van der Waals surface area (Å²) in [6, 6.07) is 16.7. The number of para-hydroxylation sites is 1. The highest BCUT2D eigenvalue weighted by Crippen LogP contribution is 2.35. The summed E-state index contributed by atoms with van der Waals surface area (Å²) < 4.78 is 5.43. The molecule has 0 radical (unpaired) electrons. The fourth-order valence-electron chi connectivity index (χ4n) is 4.38. The summed E-state index contributed by atoms with van der Waals surface area (Å²) in [5, 5.41) is 4.39. The molecule has 3 aromatic rings. The summed E-state index contributed by atoms with van der Waals surface area (Å²) >= 11 is 0. The van der Waals surface area contributed by atoms with Crippen molar-refractivity contribution < 1.29 is 9.53 Å². The van der Waals surface area contributed by atoms with Crippen LogP contribution in [0.15, 0.2) is 54.7 Å². The third-order valence-corrected chi connectivity index (χ3v) is 6.02. The van der Waals surface area contributed by atoms with E-state index in [0.29, 0.717) is 6.42 Å². The third kappa shape index (κ3) is 4.46. The number of amides is 1. The first-order valence-electron chi connectivity index (χ1n) is 10.4. The maximum atomic E-state index is 13.0. The first-order chi connectivity index (χ1) is 14.1. The molecular formula is C24H29N3O2. The first-order valence-corrected chi connectivity index (χ1v) is 10.4. The number of benzene rings is 2. The summed E-state index contributed by atoms with van der Waals surface area (Å²) in [5.74, 6) is 0.838. The van der Waals surface area contributed by atoms with Gasteiger partial charge in [0, 0.05) is 41.5 Å². The largest absolute Gasteiger partial charge is 0.497 e. The van der Waals surface area contributed by atoms with Gasteiger partial charge in [0.1, 0.15) is 5.75 Å². The van der Waals surface area contributed by atoms with Crippen LogP contribution in [-0.4, -0.2) is 30.1 Å². The Labute approximate surface area is 171 Å². The van der Waals surface area contributed by atoms with Crippen molar-refractivity contribution in [2.45, 2.75) is 50.1 Å². The number of aromatic nitrogens is 1. The molecule has 1 unspecified atom stereocenters. The minimum absolute atomic E-state index is 0.0490. The van der Waals surface area contributed by atoms with Gasteiger partial charge in [-0.1, -0.05) is 30.3 Å². The normalized spacial score (nSPS) is 20.3. The van der Waals surface area contributed by atoms with Crippen molar-refractivity contribution in [3.8, 4) is 5.75 Å². The lowest BCUT2D eigenvalue weighted by Crippen LogP contribution is -2.40. The predicted octanol–water partition coefficient (Wildman–Crippen LogP) is 4.08. The number of carbonyl (C=O) groups excluding carboxylic acids is 1. The summed E-state index contributed by atoms with van der Waals surface area (Å²) in [6.07, 6.45) is 6.31. The lowest BCUT2D eigenvalue weighted by molar-refractivity contribution is -0.122. The van der Waals surface area contributed by atoms with Gasteiger partial charge in [-0.25, -0.2) is 0 Å². The second-order valence-electron chi connectivity index (χ2n) is 8.00. The van der Waals surface area contributed by atoms with E-state index in [9.17, 15) is 4.79 Å². The van der Waals surface area contributed by atoms with Crippen molar-refractivity contribution in [1.82, 2.24) is 10.3 Å². The highest BCUT2D eigenvalue weighted by molar-refractivity contribution is 5.86. The Hall–Kier alpha value is -2.79. The summed E-state index contributed by atoms with van der Waals surface area (Å²) in [5.41, 5.74) is 9.29. The van der Waals surface area contributed by atoms with E-state index in [2.05, 4.69) is 28.5 Å². The van der Waals surface area contributed by atoms with Crippen LogP contribution in [0.3, 0.4) is 0 Å². The number of aromatic amines is 1. The van der Waals surface area contributed by atoms with Crippen LogP contribution in [0.25, 0.3) is 10.9 Å². The molecule has 5 nitrogen and oxygen atoms in total. The monoisotopic (exact) mass is 391 g/mol. The van der Waals surface area contributed by atoms with Gasteiger partial charge in [-0.15, -0.1) is 0 Å². The van der Waals surface area contributed by atoms with E-state index in [1.807, 2.05) is 36.5 Å². The van der Waals surface area contributed by atoms with Gasteiger partial charge in [-0.2, -0.15) is 0 Å². The van der Waals surface area contributed by atoms with E-state index < -0.39 is 0 Å². The quantitative estimate of drug-likeness (QED) is 0.592. The molecule has 4 rings (SSSR count). The molecule has 4 N–H and O–H groups in total. The second kappa shape index (κ2) is 8.70. The van der Waals surface area contributed by atoms with Crippen LogP contribution >= 0.6 is 0 Å². The number of H-pyrrole nitrogens is 1. The average Bonchev–Trinajstić information content (AvgIpc) is 3.17. The average molecular weight is 392 g/mol. The Morgan fingerprint density at radius 2 is 1.97 bits per heavy atom. The van der Waals surface area contributed by atoms with Crippen LogP contribution in [0.1, 0.15) is 49.1 Å². The zero-order chi connectivity index (χ0) is 20.2. The van der Waals surface area contributed by atoms with Crippen LogP contribution in [0.2, 0.25) is 0 Å². The highest BCUT2D eigenvalue weighted by Gasteiger charge is 2.25. The topological polar surface area (TPSA) is 80.1 Å². The molecule has 0 saturated heterocycles. The molecule has 0 bridgehead atoms. The molecular weight excluding hydrogens is 362 g/mol. The maximum Gasteiger partial charge on any atom is 0.221 e. The van der Waals surface area contributed by atoms with Crippen molar-refractivity contribution in [2.75, 3.05) is 7.11 Å². The minimum Gasteiger partial charge on any atom is -0.497 e. The zero-order valence-electron chi connectivity index (χ0n) is 16.9. The van der Waals surface area contributed by atoms with Crippen molar-refractivity contribution in [3.63, 3.8) is 0 Å².